The molecule has 1 aromatic carbocycles. The highest BCUT2D eigenvalue weighted by Crippen LogP contribution is 2.13. The predicted octanol–water partition coefficient (Wildman–Crippen LogP) is 3.44. The van der Waals surface area contributed by atoms with E-state index in [-0.39, 0.29) is 24.1 Å². The first-order chi connectivity index (χ1) is 11.9. The Balaban J connectivity index is 2.03. The summed E-state index contributed by atoms with van der Waals surface area (Å²) in [5, 5.41) is 5.53. The van der Waals surface area contributed by atoms with Crippen molar-refractivity contribution in [3.63, 3.8) is 0 Å². The van der Waals surface area contributed by atoms with Crippen molar-refractivity contribution < 1.29 is 14.0 Å². The van der Waals surface area contributed by atoms with Gasteiger partial charge in [0, 0.05) is 18.2 Å². The number of carbonyl (C=O) groups is 2. The van der Waals surface area contributed by atoms with Crippen LogP contribution in [0.25, 0.3) is 0 Å². The highest BCUT2D eigenvalue weighted by molar-refractivity contribution is 9.10. The van der Waals surface area contributed by atoms with Crippen molar-refractivity contribution in [2.45, 2.75) is 32.9 Å². The van der Waals surface area contributed by atoms with Gasteiger partial charge in [-0.3, -0.25) is 9.59 Å². The number of aromatic nitrogens is 1. The Morgan fingerprint density at radius 2 is 2.04 bits per heavy atom. The lowest BCUT2D eigenvalue weighted by molar-refractivity contribution is 0.0935. The molecule has 1 atom stereocenters. The van der Waals surface area contributed by atoms with Crippen LogP contribution in [0.2, 0.25) is 0 Å². The van der Waals surface area contributed by atoms with Crippen LogP contribution in [0.3, 0.4) is 0 Å². The largest absolute Gasteiger partial charge is 0.350 e. The van der Waals surface area contributed by atoms with Crippen LogP contribution < -0.4 is 10.6 Å². The van der Waals surface area contributed by atoms with Gasteiger partial charge in [-0.15, -0.1) is 0 Å². The molecule has 2 amide bonds. The molecule has 0 unspecified atom stereocenters. The summed E-state index contributed by atoms with van der Waals surface area (Å²) >= 11 is 3.11. The first-order valence-corrected chi connectivity index (χ1v) is 8.69. The van der Waals surface area contributed by atoms with Gasteiger partial charge in [-0.1, -0.05) is 19.1 Å². The number of halogens is 2. The van der Waals surface area contributed by atoms with Crippen LogP contribution >= 0.6 is 15.9 Å². The normalized spacial score (nSPS) is 11.7. The number of carbonyl (C=O) groups excluding carboxylic acids is 2. The minimum Gasteiger partial charge on any atom is -0.350 e. The van der Waals surface area contributed by atoms with Crippen LogP contribution in [0, 0.1) is 5.82 Å². The summed E-state index contributed by atoms with van der Waals surface area (Å²) in [5.41, 5.74) is 1.18. The minimum atomic E-state index is -0.692. The molecule has 0 fully saturated rings. The second-order valence-electron chi connectivity index (χ2n) is 5.65. The van der Waals surface area contributed by atoms with E-state index >= 15 is 0 Å². The zero-order chi connectivity index (χ0) is 18.4. The van der Waals surface area contributed by atoms with E-state index in [0.717, 1.165) is 18.2 Å². The monoisotopic (exact) mass is 407 g/mol. The summed E-state index contributed by atoms with van der Waals surface area (Å²) < 4.78 is 14.1. The molecular formula is C18H19BrFN3O2. The van der Waals surface area contributed by atoms with E-state index in [1.54, 1.807) is 24.3 Å². The maximum absolute atomic E-state index is 13.7. The number of pyridine rings is 1. The van der Waals surface area contributed by atoms with Crippen molar-refractivity contribution in [2.24, 2.45) is 0 Å². The predicted molar refractivity (Wildman–Crippen MR) is 96.7 cm³/mol. The van der Waals surface area contributed by atoms with Crippen LogP contribution in [0.4, 0.5) is 4.39 Å². The molecule has 25 heavy (non-hydrogen) atoms. The van der Waals surface area contributed by atoms with Gasteiger partial charge < -0.3 is 10.6 Å². The molecule has 0 radical (unpaired) electrons. The van der Waals surface area contributed by atoms with E-state index in [2.05, 4.69) is 31.5 Å². The number of nitrogens with zero attached hydrogens (tertiary/aromatic N) is 1. The minimum absolute atomic E-state index is 0.0870. The summed E-state index contributed by atoms with van der Waals surface area (Å²) in [6.07, 6.45) is 1.83. The van der Waals surface area contributed by atoms with Crippen LogP contribution in [0.5, 0.6) is 0 Å². The van der Waals surface area contributed by atoms with Crippen molar-refractivity contribution in [1.82, 2.24) is 15.6 Å². The van der Waals surface area contributed by atoms with Gasteiger partial charge in [0.2, 0.25) is 0 Å². The number of nitrogens with one attached hydrogen (secondary N) is 2. The molecule has 0 aliphatic heterocycles. The van der Waals surface area contributed by atoms with Gasteiger partial charge in [0.15, 0.2) is 5.82 Å². The summed E-state index contributed by atoms with van der Waals surface area (Å²) in [7, 11) is 0. The molecule has 2 rings (SSSR count). The van der Waals surface area contributed by atoms with Crippen LogP contribution in [-0.2, 0) is 6.54 Å². The van der Waals surface area contributed by atoms with Gasteiger partial charge in [0.25, 0.3) is 11.8 Å². The van der Waals surface area contributed by atoms with Crippen LogP contribution in [0.1, 0.15) is 46.5 Å². The van der Waals surface area contributed by atoms with E-state index in [1.165, 1.54) is 6.07 Å². The molecule has 0 aliphatic rings. The van der Waals surface area contributed by atoms with E-state index < -0.39 is 11.7 Å². The maximum atomic E-state index is 13.7. The van der Waals surface area contributed by atoms with Gasteiger partial charge in [-0.05, 0) is 53.0 Å². The molecule has 0 saturated carbocycles. The Labute approximate surface area is 154 Å². The first kappa shape index (κ1) is 19.1. The molecule has 0 saturated heterocycles. The van der Waals surface area contributed by atoms with Crippen molar-refractivity contribution in [1.29, 1.82) is 0 Å². The van der Waals surface area contributed by atoms with Gasteiger partial charge >= 0.3 is 0 Å². The van der Waals surface area contributed by atoms with E-state index in [1.807, 2.05) is 13.8 Å². The Hall–Kier alpha value is -2.28. The highest BCUT2D eigenvalue weighted by atomic mass is 79.9. The topological polar surface area (TPSA) is 71.1 Å². The third-order valence-corrected chi connectivity index (χ3v) is 4.13. The molecule has 1 heterocycles. The van der Waals surface area contributed by atoms with Crippen molar-refractivity contribution in [3.8, 4) is 0 Å². The maximum Gasteiger partial charge on any atom is 0.254 e. The van der Waals surface area contributed by atoms with Gasteiger partial charge in [-0.25, -0.2) is 9.37 Å². The fourth-order valence-corrected chi connectivity index (χ4v) is 2.43. The third-order valence-electron chi connectivity index (χ3n) is 3.70. The summed E-state index contributed by atoms with van der Waals surface area (Å²) in [6.45, 7) is 4.11. The second-order valence-corrected chi connectivity index (χ2v) is 6.47. The molecule has 7 heteroatoms. The molecule has 132 valence electrons. The summed E-state index contributed by atoms with van der Waals surface area (Å²) in [6, 6.07) is 8.36. The van der Waals surface area contributed by atoms with E-state index in [9.17, 15) is 14.0 Å². The second kappa shape index (κ2) is 8.71. The quantitative estimate of drug-likeness (QED) is 0.720. The molecule has 2 aromatic rings. The Kier molecular flexibility index (Phi) is 6.64. The Morgan fingerprint density at radius 1 is 1.28 bits per heavy atom. The first-order valence-electron chi connectivity index (χ1n) is 7.89. The number of hydrogen-bond donors (Lipinski definition) is 2. The van der Waals surface area contributed by atoms with Crippen molar-refractivity contribution in [2.75, 3.05) is 0 Å². The summed E-state index contributed by atoms with van der Waals surface area (Å²) in [4.78, 5) is 28.0. The number of amides is 2. The zero-order valence-electron chi connectivity index (χ0n) is 14.0. The fourth-order valence-electron chi connectivity index (χ4n) is 2.10. The number of benzene rings is 1. The molecule has 0 bridgehead atoms. The lowest BCUT2D eigenvalue weighted by Gasteiger charge is -2.12. The van der Waals surface area contributed by atoms with Gasteiger partial charge in [-0.2, -0.15) is 0 Å². The van der Waals surface area contributed by atoms with Crippen LogP contribution in [-0.4, -0.2) is 22.8 Å². The van der Waals surface area contributed by atoms with E-state index in [0.29, 0.717) is 10.2 Å². The molecular weight excluding hydrogens is 389 g/mol. The average Bonchev–Trinajstić information content (AvgIpc) is 2.61. The Morgan fingerprint density at radius 3 is 2.76 bits per heavy atom. The van der Waals surface area contributed by atoms with E-state index in [4.69, 9.17) is 0 Å². The molecule has 0 spiro atoms. The van der Waals surface area contributed by atoms with Crippen molar-refractivity contribution in [3.05, 3.63) is 63.6 Å². The zero-order valence-corrected chi connectivity index (χ0v) is 15.6. The molecule has 1 aromatic heterocycles. The van der Waals surface area contributed by atoms with Gasteiger partial charge in [0.1, 0.15) is 4.60 Å². The SMILES string of the molecule is CC[C@H](C)NC(=O)c1cccc(CNC(=O)c2cc(Br)ncc2F)c1. The van der Waals surface area contributed by atoms with Gasteiger partial charge in [0.05, 0.1) is 11.8 Å². The molecule has 0 aliphatic carbocycles. The van der Waals surface area contributed by atoms with Crippen LogP contribution in [0.15, 0.2) is 41.1 Å². The average molecular weight is 408 g/mol. The molecule has 2 N–H and O–H groups in total. The lowest BCUT2D eigenvalue weighted by Crippen LogP contribution is -2.32. The standard InChI is InChI=1S/C18H19BrFN3O2/c1-3-11(2)23-17(24)13-6-4-5-12(7-13)9-22-18(25)14-8-16(19)21-10-15(14)20/h4-8,10-11H,3,9H2,1-2H3,(H,22,25)(H,23,24)/t11-/m0/s1. The number of hydrogen-bond acceptors (Lipinski definition) is 3. The molecule has 5 nitrogen and oxygen atoms in total. The number of rotatable bonds is 6. The van der Waals surface area contributed by atoms with Crippen molar-refractivity contribution >= 4 is 27.7 Å². The Bertz CT molecular complexity index is 783. The summed E-state index contributed by atoms with van der Waals surface area (Å²) in [5.74, 6) is -1.40. The third kappa shape index (κ3) is 5.35. The fraction of sp³-hybridized carbons (Fsp3) is 0.278. The highest BCUT2D eigenvalue weighted by Gasteiger charge is 2.13. The lowest BCUT2D eigenvalue weighted by atomic mass is 10.1. The smallest absolute Gasteiger partial charge is 0.254 e.